The second-order valence-electron chi connectivity index (χ2n) is 5.43. The fraction of sp³-hybridized carbons (Fsp3) is 0.278. The lowest BCUT2D eigenvalue weighted by Crippen LogP contribution is -2.32. The number of carbonyl (C=O) groups excluding carboxylic acids is 1. The van der Waals surface area contributed by atoms with E-state index in [9.17, 15) is 4.79 Å². The van der Waals surface area contributed by atoms with Crippen molar-refractivity contribution in [2.45, 2.75) is 26.3 Å². The normalized spacial score (nSPS) is 13.5. The van der Waals surface area contributed by atoms with Crippen LogP contribution in [0.25, 0.3) is 0 Å². The number of anilines is 2. The largest absolute Gasteiger partial charge is 0.454 e. The summed E-state index contributed by atoms with van der Waals surface area (Å²) in [6.45, 7) is 4.16. The van der Waals surface area contributed by atoms with Gasteiger partial charge < -0.3 is 20.1 Å². The first kappa shape index (κ1) is 15.2. The molecule has 1 atom stereocenters. The van der Waals surface area contributed by atoms with Gasteiger partial charge in [-0.2, -0.15) is 0 Å². The van der Waals surface area contributed by atoms with Crippen LogP contribution in [0.15, 0.2) is 42.5 Å². The first-order chi connectivity index (χ1) is 11.2. The number of nitrogens with one attached hydrogen (secondary N) is 2. The number of hydrogen-bond acceptors (Lipinski definition) is 4. The zero-order valence-corrected chi connectivity index (χ0v) is 13.3. The third-order valence-electron chi connectivity index (χ3n) is 3.80. The Balaban J connectivity index is 1.66. The maximum absolute atomic E-state index is 12.4. The fourth-order valence-electron chi connectivity index (χ4n) is 2.49. The zero-order chi connectivity index (χ0) is 16.2. The molecule has 3 rings (SSSR count). The van der Waals surface area contributed by atoms with E-state index in [-0.39, 0.29) is 18.7 Å². The standard InChI is InChI=1S/C18H20N2O3/c1-3-13-6-4-5-7-15(13)19-12(2)18(21)20-14-8-9-16-17(10-14)23-11-22-16/h4-10,12,19H,3,11H2,1-2H3,(H,20,21)/t12-/m0/s1. The van der Waals surface area contributed by atoms with Gasteiger partial charge in [-0.3, -0.25) is 4.79 Å². The van der Waals surface area contributed by atoms with E-state index in [0.29, 0.717) is 17.2 Å². The van der Waals surface area contributed by atoms with E-state index < -0.39 is 0 Å². The molecule has 23 heavy (non-hydrogen) atoms. The molecule has 0 aliphatic carbocycles. The number of ether oxygens (including phenoxy) is 2. The summed E-state index contributed by atoms with van der Waals surface area (Å²) < 4.78 is 10.6. The molecule has 0 radical (unpaired) electrons. The predicted molar refractivity (Wildman–Crippen MR) is 90.1 cm³/mol. The summed E-state index contributed by atoms with van der Waals surface area (Å²) >= 11 is 0. The number of benzene rings is 2. The van der Waals surface area contributed by atoms with Crippen molar-refractivity contribution in [3.8, 4) is 11.5 Å². The van der Waals surface area contributed by atoms with Crippen molar-refractivity contribution in [1.29, 1.82) is 0 Å². The van der Waals surface area contributed by atoms with Gasteiger partial charge in [-0.1, -0.05) is 25.1 Å². The highest BCUT2D eigenvalue weighted by molar-refractivity contribution is 5.96. The van der Waals surface area contributed by atoms with E-state index >= 15 is 0 Å². The summed E-state index contributed by atoms with van der Waals surface area (Å²) in [5.41, 5.74) is 2.87. The number of fused-ring (bicyclic) bond motifs is 1. The van der Waals surface area contributed by atoms with Crippen molar-refractivity contribution in [3.05, 3.63) is 48.0 Å². The summed E-state index contributed by atoms with van der Waals surface area (Å²) in [5.74, 6) is 1.25. The number of rotatable bonds is 5. The maximum Gasteiger partial charge on any atom is 0.246 e. The van der Waals surface area contributed by atoms with Crippen LogP contribution < -0.4 is 20.1 Å². The lowest BCUT2D eigenvalue weighted by atomic mass is 10.1. The Bertz CT molecular complexity index is 715. The molecule has 0 unspecified atom stereocenters. The van der Waals surface area contributed by atoms with E-state index in [0.717, 1.165) is 12.1 Å². The van der Waals surface area contributed by atoms with Gasteiger partial charge in [-0.15, -0.1) is 0 Å². The molecule has 120 valence electrons. The Morgan fingerprint density at radius 3 is 2.78 bits per heavy atom. The Labute approximate surface area is 135 Å². The van der Waals surface area contributed by atoms with Crippen LogP contribution in [-0.4, -0.2) is 18.7 Å². The Kier molecular flexibility index (Phi) is 4.37. The van der Waals surface area contributed by atoms with Crippen molar-refractivity contribution < 1.29 is 14.3 Å². The molecule has 5 heteroatoms. The minimum Gasteiger partial charge on any atom is -0.454 e. The number of aryl methyl sites for hydroxylation is 1. The zero-order valence-electron chi connectivity index (χ0n) is 13.3. The molecule has 2 aromatic carbocycles. The molecule has 1 heterocycles. The van der Waals surface area contributed by atoms with Crippen molar-refractivity contribution in [2.24, 2.45) is 0 Å². The SMILES string of the molecule is CCc1ccccc1N[C@@H](C)C(=O)Nc1ccc2c(c1)OCO2. The van der Waals surface area contributed by atoms with Gasteiger partial charge >= 0.3 is 0 Å². The molecular weight excluding hydrogens is 292 g/mol. The van der Waals surface area contributed by atoms with Crippen LogP contribution in [0.2, 0.25) is 0 Å². The third-order valence-corrected chi connectivity index (χ3v) is 3.80. The van der Waals surface area contributed by atoms with Crippen molar-refractivity contribution >= 4 is 17.3 Å². The Morgan fingerprint density at radius 1 is 1.17 bits per heavy atom. The smallest absolute Gasteiger partial charge is 0.246 e. The fourth-order valence-corrected chi connectivity index (χ4v) is 2.49. The summed E-state index contributed by atoms with van der Waals surface area (Å²) in [6.07, 6.45) is 0.916. The molecule has 1 aliphatic heterocycles. The minimum atomic E-state index is -0.354. The second-order valence-corrected chi connectivity index (χ2v) is 5.43. The highest BCUT2D eigenvalue weighted by atomic mass is 16.7. The highest BCUT2D eigenvalue weighted by Crippen LogP contribution is 2.34. The van der Waals surface area contributed by atoms with E-state index in [2.05, 4.69) is 23.6 Å². The van der Waals surface area contributed by atoms with Crippen LogP contribution in [0.4, 0.5) is 11.4 Å². The van der Waals surface area contributed by atoms with E-state index in [4.69, 9.17) is 9.47 Å². The van der Waals surface area contributed by atoms with Gasteiger partial charge in [0.15, 0.2) is 11.5 Å². The molecule has 0 saturated carbocycles. The number of amides is 1. The first-order valence-electron chi connectivity index (χ1n) is 7.72. The van der Waals surface area contributed by atoms with Gasteiger partial charge in [0.05, 0.1) is 0 Å². The Hall–Kier alpha value is -2.69. The van der Waals surface area contributed by atoms with Gasteiger partial charge in [-0.05, 0) is 37.1 Å². The topological polar surface area (TPSA) is 59.6 Å². The van der Waals surface area contributed by atoms with Crippen LogP contribution in [0.5, 0.6) is 11.5 Å². The average Bonchev–Trinajstić information content (AvgIpc) is 3.03. The van der Waals surface area contributed by atoms with Gasteiger partial charge in [0.1, 0.15) is 6.04 Å². The van der Waals surface area contributed by atoms with E-state index in [1.54, 1.807) is 18.2 Å². The summed E-state index contributed by atoms with van der Waals surface area (Å²) in [5, 5.41) is 6.16. The number of para-hydroxylation sites is 1. The molecule has 0 fully saturated rings. The van der Waals surface area contributed by atoms with E-state index in [1.807, 2.05) is 25.1 Å². The Morgan fingerprint density at radius 2 is 1.96 bits per heavy atom. The first-order valence-corrected chi connectivity index (χ1v) is 7.72. The van der Waals surface area contributed by atoms with Crippen LogP contribution >= 0.6 is 0 Å². The molecule has 1 amide bonds. The summed E-state index contributed by atoms with van der Waals surface area (Å²) in [4.78, 5) is 12.4. The van der Waals surface area contributed by atoms with Crippen LogP contribution in [-0.2, 0) is 11.2 Å². The van der Waals surface area contributed by atoms with Crippen LogP contribution in [0.1, 0.15) is 19.4 Å². The summed E-state index contributed by atoms with van der Waals surface area (Å²) in [6, 6.07) is 13.0. The molecule has 5 nitrogen and oxygen atoms in total. The lowest BCUT2D eigenvalue weighted by Gasteiger charge is -2.17. The monoisotopic (exact) mass is 312 g/mol. The number of carbonyl (C=O) groups is 1. The summed E-state index contributed by atoms with van der Waals surface area (Å²) in [7, 11) is 0. The minimum absolute atomic E-state index is 0.102. The number of hydrogen-bond donors (Lipinski definition) is 2. The average molecular weight is 312 g/mol. The third kappa shape index (κ3) is 3.39. The highest BCUT2D eigenvalue weighted by Gasteiger charge is 2.17. The van der Waals surface area contributed by atoms with Gasteiger partial charge in [0.2, 0.25) is 12.7 Å². The molecular formula is C18H20N2O3. The molecule has 0 saturated heterocycles. The second kappa shape index (κ2) is 6.60. The molecule has 2 aromatic rings. The quantitative estimate of drug-likeness (QED) is 0.888. The van der Waals surface area contributed by atoms with Crippen molar-refractivity contribution in [1.82, 2.24) is 0 Å². The molecule has 0 spiro atoms. The van der Waals surface area contributed by atoms with Crippen LogP contribution in [0.3, 0.4) is 0 Å². The maximum atomic E-state index is 12.4. The molecule has 0 aromatic heterocycles. The van der Waals surface area contributed by atoms with Crippen molar-refractivity contribution in [3.63, 3.8) is 0 Å². The van der Waals surface area contributed by atoms with Crippen molar-refractivity contribution in [2.75, 3.05) is 17.4 Å². The molecule has 2 N–H and O–H groups in total. The van der Waals surface area contributed by atoms with Gasteiger partial charge in [0, 0.05) is 17.4 Å². The van der Waals surface area contributed by atoms with Crippen LogP contribution in [0, 0.1) is 0 Å². The van der Waals surface area contributed by atoms with Gasteiger partial charge in [0.25, 0.3) is 0 Å². The predicted octanol–water partition coefficient (Wildman–Crippen LogP) is 3.42. The van der Waals surface area contributed by atoms with E-state index in [1.165, 1.54) is 5.56 Å². The molecule has 0 bridgehead atoms. The molecule has 1 aliphatic rings. The van der Waals surface area contributed by atoms with Gasteiger partial charge in [-0.25, -0.2) is 0 Å². The lowest BCUT2D eigenvalue weighted by molar-refractivity contribution is -0.116.